The summed E-state index contributed by atoms with van der Waals surface area (Å²) in [7, 11) is 0. The number of rotatable bonds is 6. The molecule has 0 saturated heterocycles. The van der Waals surface area contributed by atoms with Crippen molar-refractivity contribution in [2.75, 3.05) is 6.54 Å². The topological polar surface area (TPSA) is 24.4 Å². The van der Waals surface area contributed by atoms with Crippen LogP contribution < -0.4 is 5.32 Å². The highest BCUT2D eigenvalue weighted by atomic mass is 19.3. The molecule has 0 spiro atoms. The zero-order valence-corrected chi connectivity index (χ0v) is 10.5. The van der Waals surface area contributed by atoms with E-state index in [2.05, 4.69) is 23.8 Å². The quantitative estimate of drug-likeness (QED) is 0.467. The Morgan fingerprint density at radius 3 is 2.56 bits per heavy atom. The fourth-order valence-corrected chi connectivity index (χ4v) is 1.35. The number of amidine groups is 1. The van der Waals surface area contributed by atoms with Gasteiger partial charge < -0.3 is 5.32 Å². The molecule has 0 unspecified atom stereocenters. The Bertz CT molecular complexity index is 400. The van der Waals surface area contributed by atoms with Gasteiger partial charge in [-0.2, -0.15) is 0 Å². The predicted octanol–water partition coefficient (Wildman–Crippen LogP) is 3.60. The van der Waals surface area contributed by atoms with E-state index in [4.69, 9.17) is 0 Å². The maximum atomic E-state index is 12.5. The van der Waals surface area contributed by atoms with Crippen LogP contribution in [0.5, 0.6) is 0 Å². The van der Waals surface area contributed by atoms with Crippen LogP contribution in [0.15, 0.2) is 47.6 Å². The third-order valence-corrected chi connectivity index (χ3v) is 2.37. The Kier molecular flexibility index (Phi) is 6.05. The molecule has 0 heterocycles. The highest BCUT2D eigenvalue weighted by Crippen LogP contribution is 2.06. The summed E-state index contributed by atoms with van der Waals surface area (Å²) < 4.78 is 25.0. The number of aliphatic imine (C=N–C) groups is 1. The van der Waals surface area contributed by atoms with Crippen molar-refractivity contribution in [2.24, 2.45) is 4.99 Å². The van der Waals surface area contributed by atoms with Crippen molar-refractivity contribution < 1.29 is 8.78 Å². The molecule has 4 heteroatoms. The lowest BCUT2D eigenvalue weighted by atomic mass is 10.2. The molecule has 1 rings (SSSR count). The van der Waals surface area contributed by atoms with Gasteiger partial charge in [-0.3, -0.25) is 4.99 Å². The number of allylic oxidation sites excluding steroid dienone is 1. The summed E-state index contributed by atoms with van der Waals surface area (Å²) in [6.07, 6.45) is -0.648. The fourth-order valence-electron chi connectivity index (χ4n) is 1.35. The first-order valence-corrected chi connectivity index (χ1v) is 5.99. The van der Waals surface area contributed by atoms with Gasteiger partial charge in [0.25, 0.3) is 6.43 Å². The Balaban J connectivity index is 2.82. The van der Waals surface area contributed by atoms with Crippen molar-refractivity contribution in [3.05, 3.63) is 48.2 Å². The summed E-state index contributed by atoms with van der Waals surface area (Å²) >= 11 is 0. The molecular formula is C14H18F2N2. The lowest BCUT2D eigenvalue weighted by Crippen LogP contribution is -2.27. The van der Waals surface area contributed by atoms with Gasteiger partial charge in [0.05, 0.1) is 5.70 Å². The second-order valence-electron chi connectivity index (χ2n) is 3.90. The van der Waals surface area contributed by atoms with Gasteiger partial charge in [-0.25, -0.2) is 8.78 Å². The highest BCUT2D eigenvalue weighted by molar-refractivity contribution is 5.99. The number of benzene rings is 1. The van der Waals surface area contributed by atoms with E-state index in [1.54, 1.807) is 0 Å². The van der Waals surface area contributed by atoms with Crippen LogP contribution in [0.1, 0.15) is 25.3 Å². The summed E-state index contributed by atoms with van der Waals surface area (Å²) in [4.78, 5) is 4.32. The molecule has 1 aromatic rings. The first-order valence-electron chi connectivity index (χ1n) is 5.99. The summed E-state index contributed by atoms with van der Waals surface area (Å²) in [5.74, 6) is 0.453. The van der Waals surface area contributed by atoms with Crippen molar-refractivity contribution in [3.63, 3.8) is 0 Å². The van der Waals surface area contributed by atoms with E-state index in [-0.39, 0.29) is 5.70 Å². The molecule has 0 aliphatic rings. The monoisotopic (exact) mass is 252 g/mol. The molecule has 18 heavy (non-hydrogen) atoms. The molecule has 0 radical (unpaired) electrons. The van der Waals surface area contributed by atoms with E-state index >= 15 is 0 Å². The van der Waals surface area contributed by atoms with Gasteiger partial charge in [0.2, 0.25) is 0 Å². The van der Waals surface area contributed by atoms with Crippen molar-refractivity contribution in [1.29, 1.82) is 0 Å². The van der Waals surface area contributed by atoms with E-state index in [1.165, 1.54) is 0 Å². The smallest absolute Gasteiger partial charge is 0.277 e. The lowest BCUT2D eigenvalue weighted by molar-refractivity contribution is 0.185. The second kappa shape index (κ2) is 7.58. The largest absolute Gasteiger partial charge is 0.339 e. The Morgan fingerprint density at radius 1 is 1.33 bits per heavy atom. The number of halogens is 2. The van der Waals surface area contributed by atoms with E-state index < -0.39 is 6.43 Å². The third kappa shape index (κ3) is 4.65. The Hall–Kier alpha value is -1.71. The minimum Gasteiger partial charge on any atom is -0.339 e. The number of hydrogen-bond acceptors (Lipinski definition) is 1. The molecule has 2 nitrogen and oxygen atoms in total. The van der Waals surface area contributed by atoms with Crippen LogP contribution in [0.2, 0.25) is 0 Å². The SMILES string of the molecule is C=C(NC(=NCCCC)c1ccccc1)C(F)F. The third-order valence-electron chi connectivity index (χ3n) is 2.37. The average Bonchev–Trinajstić information content (AvgIpc) is 2.38. The number of unbranched alkanes of at least 4 members (excludes halogenated alkanes) is 1. The van der Waals surface area contributed by atoms with Crippen LogP contribution in [0.4, 0.5) is 8.78 Å². The van der Waals surface area contributed by atoms with Crippen LogP contribution in [-0.4, -0.2) is 18.8 Å². The van der Waals surface area contributed by atoms with Crippen LogP contribution >= 0.6 is 0 Å². The number of nitrogens with one attached hydrogen (secondary N) is 1. The Morgan fingerprint density at radius 2 is 2.00 bits per heavy atom. The zero-order chi connectivity index (χ0) is 13.4. The summed E-state index contributed by atoms with van der Waals surface area (Å²) in [5.41, 5.74) is 0.463. The van der Waals surface area contributed by atoms with Crippen molar-refractivity contribution in [3.8, 4) is 0 Å². The average molecular weight is 252 g/mol. The van der Waals surface area contributed by atoms with Crippen LogP contribution in [0.25, 0.3) is 0 Å². The first-order chi connectivity index (χ1) is 8.65. The molecule has 0 bridgehead atoms. The minimum atomic E-state index is -2.59. The first kappa shape index (κ1) is 14.4. The lowest BCUT2D eigenvalue weighted by Gasteiger charge is -2.12. The van der Waals surface area contributed by atoms with Gasteiger partial charge in [-0.05, 0) is 6.42 Å². The van der Waals surface area contributed by atoms with Gasteiger partial charge in [0.15, 0.2) is 0 Å². The Labute approximate surface area is 106 Å². The molecule has 0 fully saturated rings. The molecule has 98 valence electrons. The van der Waals surface area contributed by atoms with Gasteiger partial charge in [0.1, 0.15) is 5.84 Å². The van der Waals surface area contributed by atoms with Crippen LogP contribution in [0, 0.1) is 0 Å². The molecule has 0 aliphatic carbocycles. The maximum Gasteiger partial charge on any atom is 0.277 e. The fraction of sp³-hybridized carbons (Fsp3) is 0.357. The van der Waals surface area contributed by atoms with Crippen LogP contribution in [-0.2, 0) is 0 Å². The van der Waals surface area contributed by atoms with E-state index in [0.717, 1.165) is 18.4 Å². The second-order valence-corrected chi connectivity index (χ2v) is 3.90. The summed E-state index contributed by atoms with van der Waals surface area (Å²) in [6.45, 7) is 5.98. The molecule has 0 aliphatic heterocycles. The van der Waals surface area contributed by atoms with E-state index in [1.807, 2.05) is 30.3 Å². The van der Waals surface area contributed by atoms with E-state index in [0.29, 0.717) is 12.4 Å². The zero-order valence-electron chi connectivity index (χ0n) is 10.5. The van der Waals surface area contributed by atoms with Gasteiger partial charge in [0, 0.05) is 12.1 Å². The van der Waals surface area contributed by atoms with Crippen molar-refractivity contribution in [1.82, 2.24) is 5.32 Å². The number of hydrogen-bond donors (Lipinski definition) is 1. The van der Waals surface area contributed by atoms with Crippen molar-refractivity contribution in [2.45, 2.75) is 26.2 Å². The number of nitrogens with zero attached hydrogens (tertiary/aromatic N) is 1. The molecule has 0 aromatic heterocycles. The van der Waals surface area contributed by atoms with Gasteiger partial charge in [-0.1, -0.05) is 50.3 Å². The van der Waals surface area contributed by atoms with Gasteiger partial charge >= 0.3 is 0 Å². The standard InChI is InChI=1S/C14H18F2N2/c1-3-4-10-17-14(18-11(2)13(15)16)12-8-6-5-7-9-12/h5-9,13H,2-4,10H2,1H3,(H,17,18). The summed E-state index contributed by atoms with van der Waals surface area (Å²) in [6, 6.07) is 9.22. The van der Waals surface area contributed by atoms with Crippen molar-refractivity contribution >= 4 is 5.84 Å². The molecule has 1 N–H and O–H groups in total. The predicted molar refractivity (Wildman–Crippen MR) is 71.0 cm³/mol. The minimum absolute atomic E-state index is 0.325. The molecule has 1 aromatic carbocycles. The number of alkyl halides is 2. The van der Waals surface area contributed by atoms with Crippen LogP contribution in [0.3, 0.4) is 0 Å². The summed E-state index contributed by atoms with van der Waals surface area (Å²) in [5, 5.41) is 2.60. The normalized spacial score (nSPS) is 11.7. The van der Waals surface area contributed by atoms with Gasteiger partial charge in [-0.15, -0.1) is 0 Å². The maximum absolute atomic E-state index is 12.5. The molecule has 0 saturated carbocycles. The molecular weight excluding hydrogens is 234 g/mol. The molecule has 0 atom stereocenters. The highest BCUT2D eigenvalue weighted by Gasteiger charge is 2.11. The van der Waals surface area contributed by atoms with E-state index in [9.17, 15) is 8.78 Å². The molecule has 0 amide bonds.